The fraction of sp³-hybridized carbons (Fsp3) is 0.455. The molecular weight excluding hydrogens is 226 g/mol. The van der Waals surface area contributed by atoms with E-state index in [9.17, 15) is 0 Å². The molecule has 1 aliphatic rings. The predicted octanol–water partition coefficient (Wildman–Crippen LogP) is 3.18. The molecule has 0 spiro atoms. The second-order valence-electron chi connectivity index (χ2n) is 3.67. The van der Waals surface area contributed by atoms with Crippen LogP contribution in [0.1, 0.15) is 30.0 Å². The second kappa shape index (κ2) is 3.81. The number of benzene rings is 1. The fourth-order valence-electron chi connectivity index (χ4n) is 1.86. The maximum absolute atomic E-state index is 3.62. The standard InChI is InChI=1S/C11H14BrN/c1-8-4-5-9(10(12)7-8)11-3-2-6-13-11/h4-5,7,11,13H,2-3,6H2,1H3. The van der Waals surface area contributed by atoms with Gasteiger partial charge < -0.3 is 5.32 Å². The largest absolute Gasteiger partial charge is 0.310 e. The smallest absolute Gasteiger partial charge is 0.0331 e. The second-order valence-corrected chi connectivity index (χ2v) is 4.53. The number of rotatable bonds is 1. The van der Waals surface area contributed by atoms with Gasteiger partial charge in [0.15, 0.2) is 0 Å². The van der Waals surface area contributed by atoms with Crippen molar-refractivity contribution >= 4 is 15.9 Å². The Kier molecular flexibility index (Phi) is 2.70. The molecule has 1 heterocycles. The molecule has 1 fully saturated rings. The third kappa shape index (κ3) is 1.94. The van der Waals surface area contributed by atoms with Crippen LogP contribution in [0.15, 0.2) is 22.7 Å². The van der Waals surface area contributed by atoms with Crippen molar-refractivity contribution in [2.75, 3.05) is 6.54 Å². The molecule has 1 aromatic carbocycles. The summed E-state index contributed by atoms with van der Waals surface area (Å²) >= 11 is 3.62. The lowest BCUT2D eigenvalue weighted by molar-refractivity contribution is 0.645. The Balaban J connectivity index is 2.29. The monoisotopic (exact) mass is 239 g/mol. The summed E-state index contributed by atoms with van der Waals surface area (Å²) in [6, 6.07) is 7.16. The van der Waals surface area contributed by atoms with E-state index in [-0.39, 0.29) is 0 Å². The van der Waals surface area contributed by atoms with Gasteiger partial charge in [0.25, 0.3) is 0 Å². The lowest BCUT2D eigenvalue weighted by Crippen LogP contribution is -2.13. The number of halogens is 1. The SMILES string of the molecule is Cc1ccc(C2CCCN2)c(Br)c1. The molecule has 1 atom stereocenters. The van der Waals surface area contributed by atoms with Crippen LogP contribution in [0.25, 0.3) is 0 Å². The molecule has 1 N–H and O–H groups in total. The molecule has 13 heavy (non-hydrogen) atoms. The van der Waals surface area contributed by atoms with Gasteiger partial charge in [-0.1, -0.05) is 28.1 Å². The van der Waals surface area contributed by atoms with Crippen molar-refractivity contribution < 1.29 is 0 Å². The Morgan fingerprint density at radius 3 is 2.92 bits per heavy atom. The van der Waals surface area contributed by atoms with Gasteiger partial charge >= 0.3 is 0 Å². The van der Waals surface area contributed by atoms with E-state index in [0.717, 1.165) is 6.54 Å². The zero-order valence-electron chi connectivity index (χ0n) is 7.81. The zero-order valence-corrected chi connectivity index (χ0v) is 9.39. The van der Waals surface area contributed by atoms with E-state index in [1.807, 2.05) is 0 Å². The highest BCUT2D eigenvalue weighted by Crippen LogP contribution is 2.29. The Morgan fingerprint density at radius 2 is 2.31 bits per heavy atom. The highest BCUT2D eigenvalue weighted by atomic mass is 79.9. The Hall–Kier alpha value is -0.340. The van der Waals surface area contributed by atoms with Crippen LogP contribution in [0.3, 0.4) is 0 Å². The van der Waals surface area contributed by atoms with Crippen LogP contribution in [0.5, 0.6) is 0 Å². The van der Waals surface area contributed by atoms with E-state index in [1.165, 1.54) is 28.4 Å². The molecule has 70 valence electrons. The first-order chi connectivity index (χ1) is 6.27. The van der Waals surface area contributed by atoms with Crippen molar-refractivity contribution in [3.63, 3.8) is 0 Å². The van der Waals surface area contributed by atoms with Gasteiger partial charge in [-0.3, -0.25) is 0 Å². The topological polar surface area (TPSA) is 12.0 Å². The summed E-state index contributed by atoms with van der Waals surface area (Å²) in [6.07, 6.45) is 2.56. The average molecular weight is 240 g/mol. The van der Waals surface area contributed by atoms with Crippen LogP contribution in [-0.4, -0.2) is 6.54 Å². The van der Waals surface area contributed by atoms with Crippen LogP contribution in [0, 0.1) is 6.92 Å². The minimum Gasteiger partial charge on any atom is -0.310 e. The van der Waals surface area contributed by atoms with Crippen molar-refractivity contribution in [3.05, 3.63) is 33.8 Å². The predicted molar refractivity (Wildman–Crippen MR) is 58.9 cm³/mol. The van der Waals surface area contributed by atoms with Crippen LogP contribution in [0.2, 0.25) is 0 Å². The van der Waals surface area contributed by atoms with Gasteiger partial charge in [-0.05, 0) is 43.5 Å². The summed E-state index contributed by atoms with van der Waals surface area (Å²) in [5, 5.41) is 3.50. The summed E-state index contributed by atoms with van der Waals surface area (Å²) in [5.74, 6) is 0. The van der Waals surface area contributed by atoms with Crippen LogP contribution in [-0.2, 0) is 0 Å². The van der Waals surface area contributed by atoms with Gasteiger partial charge in [-0.15, -0.1) is 0 Å². The quantitative estimate of drug-likeness (QED) is 0.794. The molecule has 1 saturated heterocycles. The van der Waals surface area contributed by atoms with Crippen molar-refractivity contribution in [1.82, 2.24) is 5.32 Å². The Bertz CT molecular complexity index is 303. The van der Waals surface area contributed by atoms with Crippen LogP contribution in [0.4, 0.5) is 0 Å². The van der Waals surface area contributed by atoms with E-state index < -0.39 is 0 Å². The molecule has 0 aromatic heterocycles. The lowest BCUT2D eigenvalue weighted by atomic mass is 10.0. The number of hydrogen-bond acceptors (Lipinski definition) is 1. The first-order valence-corrected chi connectivity index (χ1v) is 5.56. The minimum atomic E-state index is 0.565. The van der Waals surface area contributed by atoms with Gasteiger partial charge in [0.1, 0.15) is 0 Å². The first-order valence-electron chi connectivity index (χ1n) is 4.77. The fourth-order valence-corrected chi connectivity index (χ4v) is 2.63. The molecule has 0 radical (unpaired) electrons. The Morgan fingerprint density at radius 1 is 1.46 bits per heavy atom. The molecule has 0 amide bonds. The van der Waals surface area contributed by atoms with E-state index in [0.29, 0.717) is 6.04 Å². The molecule has 0 aliphatic carbocycles. The van der Waals surface area contributed by atoms with Gasteiger partial charge in [0.2, 0.25) is 0 Å². The van der Waals surface area contributed by atoms with Crippen LogP contribution >= 0.6 is 15.9 Å². The maximum Gasteiger partial charge on any atom is 0.0331 e. The summed E-state index contributed by atoms with van der Waals surface area (Å²) in [5.41, 5.74) is 2.72. The normalized spacial score (nSPS) is 22.2. The van der Waals surface area contributed by atoms with E-state index in [2.05, 4.69) is 46.4 Å². The molecule has 1 nitrogen and oxygen atoms in total. The minimum absolute atomic E-state index is 0.565. The van der Waals surface area contributed by atoms with Crippen molar-refractivity contribution in [2.45, 2.75) is 25.8 Å². The first kappa shape index (κ1) is 9.22. The number of nitrogens with one attached hydrogen (secondary N) is 1. The molecule has 1 unspecified atom stereocenters. The maximum atomic E-state index is 3.62. The molecule has 0 bridgehead atoms. The van der Waals surface area contributed by atoms with Crippen molar-refractivity contribution in [1.29, 1.82) is 0 Å². The zero-order chi connectivity index (χ0) is 9.26. The molecular formula is C11H14BrN. The lowest BCUT2D eigenvalue weighted by Gasteiger charge is -2.12. The highest BCUT2D eigenvalue weighted by molar-refractivity contribution is 9.10. The van der Waals surface area contributed by atoms with Crippen molar-refractivity contribution in [2.24, 2.45) is 0 Å². The molecule has 2 heteroatoms. The third-order valence-corrected chi connectivity index (χ3v) is 3.28. The van der Waals surface area contributed by atoms with Gasteiger partial charge in [0.05, 0.1) is 0 Å². The highest BCUT2D eigenvalue weighted by Gasteiger charge is 2.17. The van der Waals surface area contributed by atoms with E-state index >= 15 is 0 Å². The van der Waals surface area contributed by atoms with Crippen molar-refractivity contribution in [3.8, 4) is 0 Å². The average Bonchev–Trinajstić information content (AvgIpc) is 2.56. The van der Waals surface area contributed by atoms with E-state index in [4.69, 9.17) is 0 Å². The summed E-state index contributed by atoms with van der Waals surface area (Å²) in [7, 11) is 0. The third-order valence-electron chi connectivity index (χ3n) is 2.59. The van der Waals surface area contributed by atoms with Crippen LogP contribution < -0.4 is 5.32 Å². The van der Waals surface area contributed by atoms with Gasteiger partial charge in [-0.2, -0.15) is 0 Å². The molecule has 1 aliphatic heterocycles. The molecule has 0 saturated carbocycles. The summed E-state index contributed by atoms with van der Waals surface area (Å²) < 4.78 is 1.24. The number of hydrogen-bond donors (Lipinski definition) is 1. The van der Waals surface area contributed by atoms with Gasteiger partial charge in [-0.25, -0.2) is 0 Å². The summed E-state index contributed by atoms with van der Waals surface area (Å²) in [4.78, 5) is 0. The summed E-state index contributed by atoms with van der Waals surface area (Å²) in [6.45, 7) is 3.28. The van der Waals surface area contributed by atoms with Gasteiger partial charge in [0, 0.05) is 10.5 Å². The number of aryl methyl sites for hydroxylation is 1. The molecule has 1 aromatic rings. The van der Waals surface area contributed by atoms with E-state index in [1.54, 1.807) is 0 Å². The molecule has 2 rings (SSSR count). The Labute approximate surface area is 87.7 Å².